The number of nitrogens with one attached hydrogen (secondary N) is 1. The van der Waals surface area contributed by atoms with Crippen LogP contribution in [0.15, 0.2) is 12.4 Å². The maximum Gasteiger partial charge on any atom is 0.217 e. The van der Waals surface area contributed by atoms with Gasteiger partial charge in [-0.1, -0.05) is 25.7 Å². The largest absolute Gasteiger partial charge is 0.370 e. The molecule has 15 heavy (non-hydrogen) atoms. The minimum Gasteiger partial charge on any atom is -0.370 e. The van der Waals surface area contributed by atoms with Gasteiger partial charge in [-0.3, -0.25) is 0 Å². The number of halogens is 1. The standard InChI is InChI=1S/C11H16FN3/c12-10-7-11(15-8-14-10)13-6-5-9-3-1-2-4-9/h7-9H,1-6H2,(H,13,14,15). The first-order valence-electron chi connectivity index (χ1n) is 5.56. The lowest BCUT2D eigenvalue weighted by Crippen LogP contribution is -2.08. The van der Waals surface area contributed by atoms with Crippen LogP contribution in [0.3, 0.4) is 0 Å². The summed E-state index contributed by atoms with van der Waals surface area (Å²) in [4.78, 5) is 7.35. The van der Waals surface area contributed by atoms with E-state index in [0.717, 1.165) is 18.9 Å². The van der Waals surface area contributed by atoms with Crippen LogP contribution in [-0.4, -0.2) is 16.5 Å². The first-order valence-corrected chi connectivity index (χ1v) is 5.56. The van der Waals surface area contributed by atoms with Gasteiger partial charge in [0.25, 0.3) is 0 Å². The monoisotopic (exact) mass is 209 g/mol. The third kappa shape index (κ3) is 3.15. The fourth-order valence-corrected chi connectivity index (χ4v) is 2.13. The smallest absolute Gasteiger partial charge is 0.217 e. The van der Waals surface area contributed by atoms with Gasteiger partial charge in [-0.15, -0.1) is 0 Å². The lowest BCUT2D eigenvalue weighted by molar-refractivity contribution is 0.518. The van der Waals surface area contributed by atoms with Crippen LogP contribution >= 0.6 is 0 Å². The zero-order valence-electron chi connectivity index (χ0n) is 8.75. The van der Waals surface area contributed by atoms with E-state index in [1.807, 2.05) is 0 Å². The number of nitrogens with zero attached hydrogens (tertiary/aromatic N) is 2. The molecule has 1 aromatic heterocycles. The second kappa shape index (κ2) is 5.05. The molecule has 1 saturated carbocycles. The third-order valence-corrected chi connectivity index (χ3v) is 2.97. The molecule has 0 unspecified atom stereocenters. The number of hydrogen-bond acceptors (Lipinski definition) is 3. The highest BCUT2D eigenvalue weighted by molar-refractivity contribution is 5.31. The van der Waals surface area contributed by atoms with Crippen LogP contribution in [0.4, 0.5) is 10.2 Å². The van der Waals surface area contributed by atoms with E-state index in [-0.39, 0.29) is 0 Å². The van der Waals surface area contributed by atoms with E-state index in [2.05, 4.69) is 15.3 Å². The van der Waals surface area contributed by atoms with Crippen LogP contribution in [0.25, 0.3) is 0 Å². The Hall–Kier alpha value is -1.19. The molecule has 0 bridgehead atoms. The molecule has 0 radical (unpaired) electrons. The number of anilines is 1. The molecule has 0 amide bonds. The van der Waals surface area contributed by atoms with Crippen LogP contribution in [0.5, 0.6) is 0 Å². The molecule has 1 fully saturated rings. The summed E-state index contributed by atoms with van der Waals surface area (Å²) in [6.45, 7) is 0.876. The summed E-state index contributed by atoms with van der Waals surface area (Å²) < 4.78 is 12.7. The van der Waals surface area contributed by atoms with Gasteiger partial charge in [0.15, 0.2) is 0 Å². The Balaban J connectivity index is 1.73. The lowest BCUT2D eigenvalue weighted by atomic mass is 10.0. The van der Waals surface area contributed by atoms with Gasteiger partial charge in [0.05, 0.1) is 0 Å². The van der Waals surface area contributed by atoms with Gasteiger partial charge in [-0.05, 0) is 12.3 Å². The summed E-state index contributed by atoms with van der Waals surface area (Å²) in [5.41, 5.74) is 0. The molecule has 2 rings (SSSR count). The second-order valence-corrected chi connectivity index (χ2v) is 4.09. The average Bonchev–Trinajstić information content (AvgIpc) is 2.71. The van der Waals surface area contributed by atoms with E-state index in [9.17, 15) is 4.39 Å². The van der Waals surface area contributed by atoms with Crippen molar-refractivity contribution in [3.8, 4) is 0 Å². The zero-order valence-corrected chi connectivity index (χ0v) is 8.75. The first kappa shape index (κ1) is 10.3. The minimum absolute atomic E-state index is 0.478. The maximum atomic E-state index is 12.7. The maximum absolute atomic E-state index is 12.7. The van der Waals surface area contributed by atoms with Gasteiger partial charge in [0.2, 0.25) is 5.95 Å². The van der Waals surface area contributed by atoms with E-state index in [1.54, 1.807) is 0 Å². The van der Waals surface area contributed by atoms with Crippen molar-refractivity contribution in [2.45, 2.75) is 32.1 Å². The molecule has 82 valence electrons. The molecule has 1 aromatic rings. The summed E-state index contributed by atoms with van der Waals surface area (Å²) in [5, 5.41) is 3.12. The fraction of sp³-hybridized carbons (Fsp3) is 0.636. The molecule has 0 aromatic carbocycles. The molecule has 0 atom stereocenters. The van der Waals surface area contributed by atoms with Crippen molar-refractivity contribution in [3.05, 3.63) is 18.3 Å². The van der Waals surface area contributed by atoms with Crippen molar-refractivity contribution >= 4 is 5.82 Å². The molecule has 4 heteroatoms. The topological polar surface area (TPSA) is 37.8 Å². The first-order chi connectivity index (χ1) is 7.34. The van der Waals surface area contributed by atoms with Crippen LogP contribution in [-0.2, 0) is 0 Å². The van der Waals surface area contributed by atoms with Crippen molar-refractivity contribution in [3.63, 3.8) is 0 Å². The quantitative estimate of drug-likeness (QED) is 0.774. The molecule has 1 heterocycles. The predicted molar refractivity (Wildman–Crippen MR) is 57.1 cm³/mol. The van der Waals surface area contributed by atoms with Gasteiger partial charge in [0, 0.05) is 12.6 Å². The Kier molecular flexibility index (Phi) is 3.48. The van der Waals surface area contributed by atoms with Gasteiger partial charge in [-0.2, -0.15) is 4.39 Å². The molecular formula is C11H16FN3. The van der Waals surface area contributed by atoms with Crippen LogP contribution < -0.4 is 5.32 Å². The molecule has 0 saturated heterocycles. The van der Waals surface area contributed by atoms with E-state index < -0.39 is 5.95 Å². The van der Waals surface area contributed by atoms with Crippen LogP contribution in [0, 0.1) is 11.9 Å². The van der Waals surface area contributed by atoms with Crippen LogP contribution in [0.1, 0.15) is 32.1 Å². The second-order valence-electron chi connectivity index (χ2n) is 4.09. The fourth-order valence-electron chi connectivity index (χ4n) is 2.13. The Morgan fingerprint density at radius 3 is 2.87 bits per heavy atom. The predicted octanol–water partition coefficient (Wildman–Crippen LogP) is 2.61. The van der Waals surface area contributed by atoms with Crippen molar-refractivity contribution in [2.24, 2.45) is 5.92 Å². The summed E-state index contributed by atoms with van der Waals surface area (Å²) in [6, 6.07) is 1.33. The van der Waals surface area contributed by atoms with Crippen LogP contribution in [0.2, 0.25) is 0 Å². The Morgan fingerprint density at radius 2 is 2.13 bits per heavy atom. The van der Waals surface area contributed by atoms with Crippen molar-refractivity contribution in [1.82, 2.24) is 9.97 Å². The normalized spacial score (nSPS) is 16.9. The van der Waals surface area contributed by atoms with Gasteiger partial charge in [0.1, 0.15) is 12.1 Å². The molecular weight excluding hydrogens is 193 g/mol. The van der Waals surface area contributed by atoms with E-state index >= 15 is 0 Å². The van der Waals surface area contributed by atoms with Crippen molar-refractivity contribution in [2.75, 3.05) is 11.9 Å². The summed E-state index contributed by atoms with van der Waals surface area (Å²) in [5.74, 6) is 0.957. The number of hydrogen-bond donors (Lipinski definition) is 1. The summed E-state index contributed by atoms with van der Waals surface area (Å²) in [7, 11) is 0. The average molecular weight is 209 g/mol. The number of aromatic nitrogens is 2. The molecule has 1 N–H and O–H groups in total. The Bertz CT molecular complexity index is 310. The highest BCUT2D eigenvalue weighted by Gasteiger charge is 2.14. The van der Waals surface area contributed by atoms with Gasteiger partial charge in [-0.25, -0.2) is 9.97 Å². The zero-order chi connectivity index (χ0) is 10.5. The van der Waals surface area contributed by atoms with E-state index in [0.29, 0.717) is 5.82 Å². The molecule has 0 aliphatic heterocycles. The molecule has 0 spiro atoms. The SMILES string of the molecule is Fc1cc(NCCC2CCCC2)ncn1. The van der Waals surface area contributed by atoms with Gasteiger partial charge >= 0.3 is 0 Å². The molecule has 3 nitrogen and oxygen atoms in total. The van der Waals surface area contributed by atoms with Gasteiger partial charge < -0.3 is 5.32 Å². The minimum atomic E-state index is -0.478. The Labute approximate surface area is 89.1 Å². The lowest BCUT2D eigenvalue weighted by Gasteiger charge is -2.09. The van der Waals surface area contributed by atoms with Crippen molar-refractivity contribution in [1.29, 1.82) is 0 Å². The molecule has 1 aliphatic rings. The third-order valence-electron chi connectivity index (χ3n) is 2.97. The highest BCUT2D eigenvalue weighted by Crippen LogP contribution is 2.27. The number of rotatable bonds is 4. The van der Waals surface area contributed by atoms with E-state index in [4.69, 9.17) is 0 Å². The van der Waals surface area contributed by atoms with Crippen molar-refractivity contribution < 1.29 is 4.39 Å². The Morgan fingerprint density at radius 1 is 1.33 bits per heavy atom. The summed E-state index contributed by atoms with van der Waals surface area (Å²) in [6.07, 6.45) is 7.83. The molecule has 1 aliphatic carbocycles. The summed E-state index contributed by atoms with van der Waals surface area (Å²) >= 11 is 0. The van der Waals surface area contributed by atoms with E-state index in [1.165, 1.54) is 38.1 Å². The highest BCUT2D eigenvalue weighted by atomic mass is 19.1.